The van der Waals surface area contributed by atoms with E-state index in [9.17, 15) is 5.11 Å². The van der Waals surface area contributed by atoms with E-state index in [1.54, 1.807) is 5.57 Å². The van der Waals surface area contributed by atoms with E-state index in [-0.39, 0.29) is 0 Å². The highest BCUT2D eigenvalue weighted by Crippen LogP contribution is 2.61. The third-order valence-corrected chi connectivity index (χ3v) is 7.02. The van der Waals surface area contributed by atoms with Crippen molar-refractivity contribution < 1.29 is 5.11 Å². The molecule has 0 radical (unpaired) electrons. The van der Waals surface area contributed by atoms with Crippen LogP contribution in [0.5, 0.6) is 0 Å². The van der Waals surface area contributed by atoms with Crippen molar-refractivity contribution >= 4 is 0 Å². The molecule has 21 heavy (non-hydrogen) atoms. The van der Waals surface area contributed by atoms with Gasteiger partial charge >= 0.3 is 0 Å². The Labute approximate surface area is 130 Å². The second kappa shape index (κ2) is 4.72. The lowest BCUT2D eigenvalue weighted by molar-refractivity contribution is -0.0150. The van der Waals surface area contributed by atoms with E-state index in [0.717, 1.165) is 18.8 Å². The van der Waals surface area contributed by atoms with Crippen molar-refractivity contribution in [2.75, 3.05) is 0 Å². The van der Waals surface area contributed by atoms with E-state index < -0.39 is 5.60 Å². The maximum Gasteiger partial charge on any atom is 0.0745 e. The molecule has 118 valence electrons. The average molecular weight is 288 g/mol. The predicted octanol–water partition coefficient (Wildman–Crippen LogP) is 5.26. The minimum atomic E-state index is -0.525. The molecule has 0 bridgehead atoms. The van der Waals surface area contributed by atoms with Crippen molar-refractivity contribution in [2.24, 2.45) is 22.7 Å². The van der Waals surface area contributed by atoms with Gasteiger partial charge in [-0.25, -0.2) is 0 Å². The second-order valence-corrected chi connectivity index (χ2v) is 9.03. The maximum atomic E-state index is 10.9. The fourth-order valence-electron chi connectivity index (χ4n) is 5.41. The molecular weight excluding hydrogens is 256 g/mol. The predicted molar refractivity (Wildman–Crippen MR) is 89.0 cm³/mol. The van der Waals surface area contributed by atoms with Crippen LogP contribution in [-0.2, 0) is 0 Å². The summed E-state index contributed by atoms with van der Waals surface area (Å²) in [7, 11) is 0. The second-order valence-electron chi connectivity index (χ2n) is 9.03. The van der Waals surface area contributed by atoms with Gasteiger partial charge in [-0.05, 0) is 59.5 Å². The molecule has 1 nitrogen and oxygen atoms in total. The van der Waals surface area contributed by atoms with Gasteiger partial charge in [-0.15, -0.1) is 0 Å². The fraction of sp³-hybridized carbons (Fsp3) is 0.800. The lowest BCUT2D eigenvalue weighted by Gasteiger charge is -2.56. The molecule has 0 amide bonds. The van der Waals surface area contributed by atoms with Crippen LogP contribution in [-0.4, -0.2) is 10.7 Å². The summed E-state index contributed by atoms with van der Waals surface area (Å²) in [4.78, 5) is 0. The number of aliphatic hydroxyl groups is 1. The van der Waals surface area contributed by atoms with Gasteiger partial charge in [-0.2, -0.15) is 0 Å². The highest BCUT2D eigenvalue weighted by Gasteiger charge is 2.51. The van der Waals surface area contributed by atoms with Crippen LogP contribution in [0, 0.1) is 22.7 Å². The maximum absolute atomic E-state index is 10.9. The van der Waals surface area contributed by atoms with Gasteiger partial charge in [-0.1, -0.05) is 53.2 Å². The van der Waals surface area contributed by atoms with Gasteiger partial charge in [0.05, 0.1) is 5.60 Å². The molecule has 3 aliphatic rings. The Morgan fingerprint density at radius 1 is 1.14 bits per heavy atom. The van der Waals surface area contributed by atoms with E-state index >= 15 is 0 Å². The smallest absolute Gasteiger partial charge is 0.0745 e. The quantitative estimate of drug-likeness (QED) is 0.698. The van der Waals surface area contributed by atoms with Crippen molar-refractivity contribution in [1.82, 2.24) is 0 Å². The largest absolute Gasteiger partial charge is 0.389 e. The average Bonchev–Trinajstić information content (AvgIpc) is 2.37. The standard InChI is InChI=1S/C20H32O/c1-14(2)20(21)12-9-16-15(13-20)7-8-17-18(3,4)10-6-11-19(16,17)5/h7,9,14,17,21H,6,8,10-13H2,1-5H3/t17-,19+,20+/m0/s1. The Kier molecular flexibility index (Phi) is 3.44. The number of fused-ring (bicyclic) bond motifs is 3. The molecule has 1 heteroatoms. The third-order valence-electron chi connectivity index (χ3n) is 7.02. The van der Waals surface area contributed by atoms with Crippen LogP contribution < -0.4 is 0 Å². The van der Waals surface area contributed by atoms with E-state index in [1.165, 1.54) is 31.3 Å². The van der Waals surface area contributed by atoms with Gasteiger partial charge in [0.25, 0.3) is 0 Å². The van der Waals surface area contributed by atoms with Crippen LogP contribution in [0.15, 0.2) is 23.3 Å². The van der Waals surface area contributed by atoms with Crippen molar-refractivity contribution in [3.8, 4) is 0 Å². The summed E-state index contributed by atoms with van der Waals surface area (Å²) in [5.41, 5.74) is 3.29. The SMILES string of the molecule is CC(C)[C@@]1(O)CC=C2C(=CC[C@H]3C(C)(C)CCC[C@]23C)C1. The molecular formula is C20H32O. The van der Waals surface area contributed by atoms with Crippen molar-refractivity contribution in [1.29, 1.82) is 0 Å². The lowest BCUT2D eigenvalue weighted by Crippen LogP contribution is -2.47. The van der Waals surface area contributed by atoms with Crippen LogP contribution in [0.25, 0.3) is 0 Å². The number of hydrogen-bond donors (Lipinski definition) is 1. The van der Waals surface area contributed by atoms with E-state index in [2.05, 4.69) is 46.8 Å². The summed E-state index contributed by atoms with van der Waals surface area (Å²) in [5, 5.41) is 10.9. The van der Waals surface area contributed by atoms with Gasteiger partial charge in [0.2, 0.25) is 0 Å². The molecule has 3 aliphatic carbocycles. The molecule has 0 spiro atoms. The van der Waals surface area contributed by atoms with Crippen LogP contribution in [0.4, 0.5) is 0 Å². The van der Waals surface area contributed by atoms with Gasteiger partial charge in [0, 0.05) is 6.42 Å². The van der Waals surface area contributed by atoms with Crippen LogP contribution in [0.1, 0.15) is 73.1 Å². The lowest BCUT2D eigenvalue weighted by atomic mass is 9.49. The molecule has 3 atom stereocenters. The summed E-state index contributed by atoms with van der Waals surface area (Å²) in [6.45, 7) is 11.7. The van der Waals surface area contributed by atoms with Crippen molar-refractivity contribution in [3.63, 3.8) is 0 Å². The third kappa shape index (κ3) is 2.23. The molecule has 0 unspecified atom stereocenters. The van der Waals surface area contributed by atoms with Gasteiger partial charge in [0.1, 0.15) is 0 Å². The number of allylic oxidation sites excluding steroid dienone is 2. The first-order valence-electron chi connectivity index (χ1n) is 8.81. The van der Waals surface area contributed by atoms with Crippen molar-refractivity contribution in [3.05, 3.63) is 23.3 Å². The normalized spacial score (nSPS) is 42.0. The summed E-state index contributed by atoms with van der Waals surface area (Å²) < 4.78 is 0. The summed E-state index contributed by atoms with van der Waals surface area (Å²) in [6.07, 6.45) is 11.8. The highest BCUT2D eigenvalue weighted by molar-refractivity contribution is 5.44. The Morgan fingerprint density at radius 3 is 2.52 bits per heavy atom. The van der Waals surface area contributed by atoms with E-state index in [4.69, 9.17) is 0 Å². The molecule has 1 fully saturated rings. The zero-order valence-corrected chi connectivity index (χ0v) is 14.5. The molecule has 0 aliphatic heterocycles. The summed E-state index contributed by atoms with van der Waals surface area (Å²) >= 11 is 0. The minimum absolute atomic E-state index is 0.324. The molecule has 1 saturated carbocycles. The fourth-order valence-corrected chi connectivity index (χ4v) is 5.41. The topological polar surface area (TPSA) is 20.2 Å². The van der Waals surface area contributed by atoms with Gasteiger partial charge in [-0.3, -0.25) is 0 Å². The van der Waals surface area contributed by atoms with E-state index in [1.807, 2.05) is 0 Å². The molecule has 1 N–H and O–H groups in total. The summed E-state index contributed by atoms with van der Waals surface area (Å²) in [5.74, 6) is 1.09. The van der Waals surface area contributed by atoms with Crippen LogP contribution in [0.2, 0.25) is 0 Å². The number of hydrogen-bond acceptors (Lipinski definition) is 1. The van der Waals surface area contributed by atoms with Crippen molar-refractivity contribution in [2.45, 2.75) is 78.7 Å². The highest BCUT2D eigenvalue weighted by atomic mass is 16.3. The van der Waals surface area contributed by atoms with Gasteiger partial charge < -0.3 is 5.11 Å². The molecule has 0 saturated heterocycles. The zero-order valence-electron chi connectivity index (χ0n) is 14.5. The Morgan fingerprint density at radius 2 is 1.86 bits per heavy atom. The first-order chi connectivity index (χ1) is 9.69. The Bertz CT molecular complexity index is 496. The Hall–Kier alpha value is -0.560. The molecule has 0 aromatic carbocycles. The first-order valence-corrected chi connectivity index (χ1v) is 8.81. The zero-order chi connectivity index (χ0) is 15.5. The molecule has 0 aromatic rings. The monoisotopic (exact) mass is 288 g/mol. The molecule has 3 rings (SSSR count). The summed E-state index contributed by atoms with van der Waals surface area (Å²) in [6, 6.07) is 0. The van der Waals surface area contributed by atoms with E-state index in [0.29, 0.717) is 16.7 Å². The molecule has 0 aromatic heterocycles. The number of rotatable bonds is 1. The van der Waals surface area contributed by atoms with Crippen LogP contribution >= 0.6 is 0 Å². The minimum Gasteiger partial charge on any atom is -0.389 e. The first kappa shape index (κ1) is 15.3. The van der Waals surface area contributed by atoms with Gasteiger partial charge in [0.15, 0.2) is 0 Å². The molecule has 0 heterocycles. The Balaban J connectivity index is 1.99. The van der Waals surface area contributed by atoms with Crippen LogP contribution in [0.3, 0.4) is 0 Å².